The first-order valence-corrected chi connectivity index (χ1v) is 7.50. The molecule has 0 aliphatic carbocycles. The fourth-order valence-corrected chi connectivity index (χ4v) is 2.77. The number of hydrogen-bond donors (Lipinski definition) is 1. The van der Waals surface area contributed by atoms with Crippen molar-refractivity contribution in [1.29, 1.82) is 0 Å². The minimum Gasteiger partial charge on any atom is -0.492 e. The van der Waals surface area contributed by atoms with E-state index in [4.69, 9.17) is 17.0 Å². The van der Waals surface area contributed by atoms with Crippen molar-refractivity contribution in [2.45, 2.75) is 26.4 Å². The molecule has 2 heterocycles. The maximum absolute atomic E-state index is 5.65. The van der Waals surface area contributed by atoms with Crippen LogP contribution in [0.2, 0.25) is 0 Å². The zero-order valence-corrected chi connectivity index (χ0v) is 12.8. The quantitative estimate of drug-likeness (QED) is 0.710. The van der Waals surface area contributed by atoms with Gasteiger partial charge >= 0.3 is 0 Å². The molecule has 0 spiro atoms. The van der Waals surface area contributed by atoms with Gasteiger partial charge in [0.15, 0.2) is 4.77 Å². The number of aromatic nitrogens is 4. The molecule has 1 N–H and O–H groups in total. The first-order chi connectivity index (χ1) is 10.3. The van der Waals surface area contributed by atoms with E-state index in [1.807, 2.05) is 31.6 Å². The maximum atomic E-state index is 5.65. The highest BCUT2D eigenvalue weighted by Crippen LogP contribution is 2.25. The Bertz CT molecular complexity index is 773. The number of rotatable bonds is 6. The second kappa shape index (κ2) is 6.13. The zero-order chi connectivity index (χ0) is 14.7. The van der Waals surface area contributed by atoms with Crippen LogP contribution in [0, 0.1) is 4.77 Å². The van der Waals surface area contributed by atoms with Crippen molar-refractivity contribution in [3.8, 4) is 5.75 Å². The van der Waals surface area contributed by atoms with Crippen LogP contribution in [0.1, 0.15) is 13.3 Å². The molecule has 2 aromatic heterocycles. The van der Waals surface area contributed by atoms with Crippen LogP contribution >= 0.6 is 12.2 Å². The van der Waals surface area contributed by atoms with Crippen LogP contribution in [0.15, 0.2) is 36.9 Å². The molecule has 21 heavy (non-hydrogen) atoms. The zero-order valence-electron chi connectivity index (χ0n) is 12.0. The topological polar surface area (TPSA) is 47.8 Å². The van der Waals surface area contributed by atoms with Gasteiger partial charge in [0.25, 0.3) is 0 Å². The number of nitrogens with zero attached hydrogens (tertiary/aromatic N) is 3. The van der Waals surface area contributed by atoms with Crippen LogP contribution in [0.5, 0.6) is 5.75 Å². The summed E-state index contributed by atoms with van der Waals surface area (Å²) >= 11 is 5.44. The SMILES string of the molecule is CCOc1cccc2c1[nH]c(=S)n2CCCn1ccnc1. The normalized spacial score (nSPS) is 11.1. The number of aryl methyl sites for hydroxylation is 2. The Morgan fingerprint density at radius 2 is 2.24 bits per heavy atom. The number of H-pyrrole nitrogens is 1. The summed E-state index contributed by atoms with van der Waals surface area (Å²) in [6, 6.07) is 6.04. The van der Waals surface area contributed by atoms with Gasteiger partial charge < -0.3 is 18.9 Å². The number of fused-ring (bicyclic) bond motifs is 1. The summed E-state index contributed by atoms with van der Waals surface area (Å²) < 4.78 is 10.6. The van der Waals surface area contributed by atoms with E-state index in [9.17, 15) is 0 Å². The van der Waals surface area contributed by atoms with Gasteiger partial charge in [-0.1, -0.05) is 6.07 Å². The lowest BCUT2D eigenvalue weighted by Crippen LogP contribution is -2.03. The molecule has 5 nitrogen and oxygen atoms in total. The van der Waals surface area contributed by atoms with Crippen LogP contribution in [0.4, 0.5) is 0 Å². The van der Waals surface area contributed by atoms with E-state index in [2.05, 4.69) is 25.2 Å². The molecule has 0 saturated heterocycles. The van der Waals surface area contributed by atoms with E-state index in [1.54, 1.807) is 6.20 Å². The molecule has 3 rings (SSSR count). The van der Waals surface area contributed by atoms with E-state index < -0.39 is 0 Å². The number of imidazole rings is 2. The second-order valence-corrected chi connectivity index (χ2v) is 5.21. The molecule has 0 radical (unpaired) electrons. The Morgan fingerprint density at radius 3 is 3.00 bits per heavy atom. The van der Waals surface area contributed by atoms with E-state index in [0.717, 1.165) is 41.1 Å². The fraction of sp³-hybridized carbons (Fsp3) is 0.333. The van der Waals surface area contributed by atoms with Crippen LogP contribution in [-0.4, -0.2) is 25.7 Å². The number of para-hydroxylation sites is 1. The minimum absolute atomic E-state index is 0.644. The van der Waals surface area contributed by atoms with Gasteiger partial charge in [-0.3, -0.25) is 0 Å². The number of benzene rings is 1. The monoisotopic (exact) mass is 302 g/mol. The lowest BCUT2D eigenvalue weighted by molar-refractivity contribution is 0.343. The summed E-state index contributed by atoms with van der Waals surface area (Å²) in [7, 11) is 0. The summed E-state index contributed by atoms with van der Waals surface area (Å²) in [4.78, 5) is 7.31. The van der Waals surface area contributed by atoms with E-state index in [0.29, 0.717) is 6.61 Å². The molecule has 3 aromatic rings. The Labute approximate surface area is 128 Å². The molecule has 0 atom stereocenters. The molecule has 6 heteroatoms. The van der Waals surface area contributed by atoms with E-state index >= 15 is 0 Å². The number of ether oxygens (including phenoxy) is 1. The van der Waals surface area contributed by atoms with Crippen molar-refractivity contribution >= 4 is 23.3 Å². The van der Waals surface area contributed by atoms with Crippen LogP contribution in [-0.2, 0) is 13.1 Å². The standard InChI is InChI=1S/C15H18N4OS/c1-2-20-13-6-3-5-12-14(13)17-15(21)19(12)9-4-8-18-10-7-16-11-18/h3,5-7,10-11H,2,4,8-9H2,1H3,(H,17,21). The van der Waals surface area contributed by atoms with Gasteiger partial charge in [-0.15, -0.1) is 0 Å². The Kier molecular flexibility index (Phi) is 4.06. The van der Waals surface area contributed by atoms with Crippen molar-refractivity contribution < 1.29 is 4.74 Å². The predicted molar refractivity (Wildman–Crippen MR) is 85.1 cm³/mol. The molecule has 0 fully saturated rings. The second-order valence-electron chi connectivity index (χ2n) is 4.82. The molecule has 0 bridgehead atoms. The summed E-state index contributed by atoms with van der Waals surface area (Å²) in [5, 5.41) is 0. The third kappa shape index (κ3) is 2.85. The first-order valence-electron chi connectivity index (χ1n) is 7.09. The summed E-state index contributed by atoms with van der Waals surface area (Å²) in [5.41, 5.74) is 2.07. The lowest BCUT2D eigenvalue weighted by atomic mass is 10.3. The fourth-order valence-electron chi connectivity index (χ4n) is 2.48. The highest BCUT2D eigenvalue weighted by atomic mass is 32.1. The van der Waals surface area contributed by atoms with Gasteiger partial charge in [0, 0.05) is 25.5 Å². The molecule has 0 aliphatic heterocycles. The largest absolute Gasteiger partial charge is 0.492 e. The molecule has 1 aromatic carbocycles. The van der Waals surface area contributed by atoms with Crippen LogP contribution in [0.3, 0.4) is 0 Å². The van der Waals surface area contributed by atoms with Crippen molar-refractivity contribution in [2.75, 3.05) is 6.61 Å². The molecule has 110 valence electrons. The van der Waals surface area contributed by atoms with Crippen molar-refractivity contribution in [3.05, 3.63) is 41.7 Å². The summed E-state index contributed by atoms with van der Waals surface area (Å²) in [6.07, 6.45) is 6.60. The molecule has 0 aliphatic rings. The van der Waals surface area contributed by atoms with E-state index in [1.165, 1.54) is 0 Å². The Morgan fingerprint density at radius 1 is 1.33 bits per heavy atom. The predicted octanol–water partition coefficient (Wildman–Crippen LogP) is 3.38. The lowest BCUT2D eigenvalue weighted by Gasteiger charge is -2.07. The molecule has 0 unspecified atom stereocenters. The number of hydrogen-bond acceptors (Lipinski definition) is 3. The summed E-state index contributed by atoms with van der Waals surface area (Å²) in [5.74, 6) is 0.856. The highest BCUT2D eigenvalue weighted by molar-refractivity contribution is 7.71. The van der Waals surface area contributed by atoms with Gasteiger partial charge in [0.2, 0.25) is 0 Å². The van der Waals surface area contributed by atoms with Gasteiger partial charge in [-0.05, 0) is 37.7 Å². The highest BCUT2D eigenvalue weighted by Gasteiger charge is 2.08. The molecule has 0 saturated carbocycles. The summed E-state index contributed by atoms with van der Waals surface area (Å²) in [6.45, 7) is 4.42. The minimum atomic E-state index is 0.644. The third-order valence-electron chi connectivity index (χ3n) is 3.43. The Hall–Kier alpha value is -2.08. The molecule has 0 amide bonds. The van der Waals surface area contributed by atoms with E-state index in [-0.39, 0.29) is 0 Å². The van der Waals surface area contributed by atoms with Crippen LogP contribution < -0.4 is 4.74 Å². The van der Waals surface area contributed by atoms with Gasteiger partial charge in [-0.25, -0.2) is 4.98 Å². The average molecular weight is 302 g/mol. The molecular formula is C15H18N4OS. The van der Waals surface area contributed by atoms with Crippen LogP contribution in [0.25, 0.3) is 11.0 Å². The van der Waals surface area contributed by atoms with Gasteiger partial charge in [0.05, 0.1) is 18.5 Å². The average Bonchev–Trinajstić information content (AvgIpc) is 3.09. The van der Waals surface area contributed by atoms with Gasteiger partial charge in [-0.2, -0.15) is 0 Å². The van der Waals surface area contributed by atoms with Crippen molar-refractivity contribution in [1.82, 2.24) is 19.1 Å². The first kappa shape index (κ1) is 13.9. The van der Waals surface area contributed by atoms with Gasteiger partial charge in [0.1, 0.15) is 11.3 Å². The third-order valence-corrected chi connectivity index (χ3v) is 3.75. The van der Waals surface area contributed by atoms with Crippen molar-refractivity contribution in [2.24, 2.45) is 0 Å². The maximum Gasteiger partial charge on any atom is 0.178 e. The number of aromatic amines is 1. The van der Waals surface area contributed by atoms with Crippen molar-refractivity contribution in [3.63, 3.8) is 0 Å². The Balaban J connectivity index is 1.83. The molecular weight excluding hydrogens is 284 g/mol. The number of nitrogens with one attached hydrogen (secondary N) is 1. The smallest absolute Gasteiger partial charge is 0.178 e.